The maximum atomic E-state index is 5.72. The van der Waals surface area contributed by atoms with Crippen LogP contribution < -0.4 is 19.5 Å². The fourth-order valence-electron chi connectivity index (χ4n) is 2.37. The van der Waals surface area contributed by atoms with Gasteiger partial charge in [0.2, 0.25) is 6.79 Å². The Labute approximate surface area is 94.5 Å². The van der Waals surface area contributed by atoms with Crippen molar-refractivity contribution in [2.24, 2.45) is 5.92 Å². The average Bonchev–Trinajstić information content (AvgIpc) is 2.73. The van der Waals surface area contributed by atoms with Gasteiger partial charge in [0.15, 0.2) is 11.5 Å². The fraction of sp³-hybridized carbons (Fsp3) is 0.500. The molecule has 0 saturated carbocycles. The maximum Gasteiger partial charge on any atom is 0.231 e. The lowest BCUT2D eigenvalue weighted by Crippen LogP contribution is -2.31. The molecule has 0 amide bonds. The summed E-state index contributed by atoms with van der Waals surface area (Å²) in [6, 6.07) is 4.26. The molecule has 0 spiro atoms. The Morgan fingerprint density at radius 3 is 2.62 bits per heavy atom. The molecule has 1 N–H and O–H groups in total. The summed E-state index contributed by atoms with van der Waals surface area (Å²) in [6.45, 7) is 3.21. The Bertz CT molecular complexity index is 419. The molecule has 3 rings (SSSR count). The predicted molar refractivity (Wildman–Crippen MR) is 59.0 cm³/mol. The highest BCUT2D eigenvalue weighted by Gasteiger charge is 2.29. The smallest absolute Gasteiger partial charge is 0.231 e. The molecule has 2 aliphatic rings. The van der Waals surface area contributed by atoms with Gasteiger partial charge in [0, 0.05) is 23.6 Å². The van der Waals surface area contributed by atoms with Gasteiger partial charge in [-0.1, -0.05) is 6.92 Å². The van der Waals surface area contributed by atoms with Crippen molar-refractivity contribution in [3.8, 4) is 17.2 Å². The fourth-order valence-corrected chi connectivity index (χ4v) is 2.37. The van der Waals surface area contributed by atoms with Gasteiger partial charge >= 0.3 is 0 Å². The van der Waals surface area contributed by atoms with Gasteiger partial charge < -0.3 is 19.5 Å². The molecular weight excluding hydrogens is 206 g/mol. The molecule has 2 heterocycles. The van der Waals surface area contributed by atoms with Gasteiger partial charge in [-0.2, -0.15) is 0 Å². The minimum Gasteiger partial charge on any atom is -0.493 e. The number of hydrogen-bond donors (Lipinski definition) is 1. The SMILES string of the molecule is CNC1c2cc3c(cc2OCC1C)OCO3. The molecule has 0 radical (unpaired) electrons. The van der Waals surface area contributed by atoms with Crippen molar-refractivity contribution in [3.63, 3.8) is 0 Å². The highest BCUT2D eigenvalue weighted by molar-refractivity contribution is 5.53. The normalized spacial score (nSPS) is 26.1. The summed E-state index contributed by atoms with van der Waals surface area (Å²) in [4.78, 5) is 0. The van der Waals surface area contributed by atoms with Gasteiger partial charge in [-0.25, -0.2) is 0 Å². The molecular formula is C12H15NO3. The Morgan fingerprint density at radius 2 is 1.88 bits per heavy atom. The van der Waals surface area contributed by atoms with Crippen molar-refractivity contribution in [3.05, 3.63) is 17.7 Å². The third kappa shape index (κ3) is 1.33. The summed E-state index contributed by atoms with van der Waals surface area (Å²) in [5, 5.41) is 3.32. The monoisotopic (exact) mass is 221 g/mol. The zero-order valence-electron chi connectivity index (χ0n) is 9.45. The van der Waals surface area contributed by atoms with Crippen molar-refractivity contribution in [1.29, 1.82) is 0 Å². The first-order chi connectivity index (χ1) is 7.79. The molecule has 4 heteroatoms. The van der Waals surface area contributed by atoms with Crippen molar-refractivity contribution >= 4 is 0 Å². The van der Waals surface area contributed by atoms with Gasteiger partial charge in [-0.15, -0.1) is 0 Å². The largest absolute Gasteiger partial charge is 0.493 e. The number of nitrogens with one attached hydrogen (secondary N) is 1. The molecule has 1 aromatic rings. The lowest BCUT2D eigenvalue weighted by molar-refractivity contribution is 0.173. The number of rotatable bonds is 1. The van der Waals surface area contributed by atoms with Gasteiger partial charge in [-0.3, -0.25) is 0 Å². The molecule has 0 aromatic heterocycles. The summed E-state index contributed by atoms with van der Waals surface area (Å²) >= 11 is 0. The molecule has 2 aliphatic heterocycles. The molecule has 4 nitrogen and oxygen atoms in total. The number of benzene rings is 1. The molecule has 2 unspecified atom stereocenters. The van der Waals surface area contributed by atoms with Gasteiger partial charge in [-0.05, 0) is 13.1 Å². The quantitative estimate of drug-likeness (QED) is 0.783. The van der Waals surface area contributed by atoms with E-state index in [-0.39, 0.29) is 0 Å². The van der Waals surface area contributed by atoms with Crippen LogP contribution in [0.2, 0.25) is 0 Å². The van der Waals surface area contributed by atoms with E-state index in [4.69, 9.17) is 14.2 Å². The minimum absolute atomic E-state index is 0.304. The average molecular weight is 221 g/mol. The van der Waals surface area contributed by atoms with Crippen molar-refractivity contribution in [1.82, 2.24) is 5.32 Å². The molecule has 0 bridgehead atoms. The first-order valence-electron chi connectivity index (χ1n) is 5.53. The van der Waals surface area contributed by atoms with Crippen LogP contribution in [0.15, 0.2) is 12.1 Å². The first kappa shape index (κ1) is 9.78. The van der Waals surface area contributed by atoms with Crippen LogP contribution in [-0.2, 0) is 0 Å². The van der Waals surface area contributed by atoms with E-state index in [0.717, 1.165) is 29.4 Å². The second kappa shape index (κ2) is 3.56. The Balaban J connectivity index is 2.08. The van der Waals surface area contributed by atoms with Crippen LogP contribution in [0.1, 0.15) is 18.5 Å². The van der Waals surface area contributed by atoms with Gasteiger partial charge in [0.05, 0.1) is 6.61 Å². The van der Waals surface area contributed by atoms with Crippen LogP contribution in [0.4, 0.5) is 0 Å². The Kier molecular flexibility index (Phi) is 2.17. The van der Waals surface area contributed by atoms with Crippen LogP contribution in [0.3, 0.4) is 0 Å². The summed E-state index contributed by atoms with van der Waals surface area (Å²) in [7, 11) is 1.97. The van der Waals surface area contributed by atoms with E-state index in [0.29, 0.717) is 18.8 Å². The van der Waals surface area contributed by atoms with Gasteiger partial charge in [0.1, 0.15) is 5.75 Å². The second-order valence-corrected chi connectivity index (χ2v) is 4.30. The van der Waals surface area contributed by atoms with E-state index in [1.165, 1.54) is 0 Å². The van der Waals surface area contributed by atoms with E-state index in [1.54, 1.807) is 0 Å². The van der Waals surface area contributed by atoms with E-state index >= 15 is 0 Å². The van der Waals surface area contributed by atoms with Crippen LogP contribution in [0.25, 0.3) is 0 Å². The lowest BCUT2D eigenvalue weighted by atomic mass is 9.92. The van der Waals surface area contributed by atoms with Crippen LogP contribution in [0.5, 0.6) is 17.2 Å². The number of hydrogen-bond acceptors (Lipinski definition) is 4. The van der Waals surface area contributed by atoms with Crippen LogP contribution in [0, 0.1) is 5.92 Å². The van der Waals surface area contributed by atoms with E-state index in [1.807, 2.05) is 19.2 Å². The standard InChI is InChI=1S/C12H15NO3/c1-7-5-14-9-4-11-10(15-6-16-11)3-8(9)12(7)13-2/h3-4,7,12-13H,5-6H2,1-2H3. The molecule has 0 fully saturated rings. The highest BCUT2D eigenvalue weighted by Crippen LogP contribution is 2.43. The number of ether oxygens (including phenoxy) is 3. The minimum atomic E-state index is 0.304. The maximum absolute atomic E-state index is 5.72. The topological polar surface area (TPSA) is 39.7 Å². The van der Waals surface area contributed by atoms with Crippen molar-refractivity contribution in [2.45, 2.75) is 13.0 Å². The highest BCUT2D eigenvalue weighted by atomic mass is 16.7. The summed E-state index contributed by atoms with van der Waals surface area (Å²) in [5.41, 5.74) is 1.16. The Morgan fingerprint density at radius 1 is 1.12 bits per heavy atom. The molecule has 86 valence electrons. The van der Waals surface area contributed by atoms with Gasteiger partial charge in [0.25, 0.3) is 0 Å². The van der Waals surface area contributed by atoms with Crippen molar-refractivity contribution in [2.75, 3.05) is 20.4 Å². The third-order valence-electron chi connectivity index (χ3n) is 3.22. The van der Waals surface area contributed by atoms with E-state index < -0.39 is 0 Å². The molecule has 1 aromatic carbocycles. The molecule has 16 heavy (non-hydrogen) atoms. The molecule has 0 aliphatic carbocycles. The number of fused-ring (bicyclic) bond motifs is 2. The Hall–Kier alpha value is -1.42. The van der Waals surface area contributed by atoms with Crippen LogP contribution >= 0.6 is 0 Å². The van der Waals surface area contributed by atoms with Crippen LogP contribution in [-0.4, -0.2) is 20.4 Å². The summed E-state index contributed by atoms with van der Waals surface area (Å²) < 4.78 is 16.4. The summed E-state index contributed by atoms with van der Waals surface area (Å²) in [6.07, 6.45) is 0. The third-order valence-corrected chi connectivity index (χ3v) is 3.22. The first-order valence-corrected chi connectivity index (χ1v) is 5.53. The van der Waals surface area contributed by atoms with Crippen molar-refractivity contribution < 1.29 is 14.2 Å². The second-order valence-electron chi connectivity index (χ2n) is 4.30. The predicted octanol–water partition coefficient (Wildman–Crippen LogP) is 1.70. The summed E-state index contributed by atoms with van der Waals surface area (Å²) in [5.74, 6) is 2.96. The van der Waals surface area contributed by atoms with E-state index in [2.05, 4.69) is 12.2 Å². The van der Waals surface area contributed by atoms with E-state index in [9.17, 15) is 0 Å². The molecule has 2 atom stereocenters. The zero-order chi connectivity index (χ0) is 11.1. The zero-order valence-corrected chi connectivity index (χ0v) is 9.45. The lowest BCUT2D eigenvalue weighted by Gasteiger charge is -2.31. The molecule has 0 saturated heterocycles.